The third-order valence-corrected chi connectivity index (χ3v) is 1.77. The number of aliphatic hydroxyl groups is 1. The molecular formula is C8H13F3O3. The van der Waals surface area contributed by atoms with Crippen molar-refractivity contribution in [3.05, 3.63) is 0 Å². The average Bonchev–Trinajstić information content (AvgIpc) is 2.01. The minimum Gasteiger partial charge on any atom is -0.466 e. The van der Waals surface area contributed by atoms with E-state index >= 15 is 0 Å². The molecule has 0 bridgehead atoms. The third kappa shape index (κ3) is 4.45. The molecule has 0 aromatic carbocycles. The van der Waals surface area contributed by atoms with Crippen LogP contribution in [0.2, 0.25) is 0 Å². The van der Waals surface area contributed by atoms with Crippen molar-refractivity contribution in [2.45, 2.75) is 32.5 Å². The summed E-state index contributed by atoms with van der Waals surface area (Å²) in [7, 11) is 0. The highest BCUT2D eigenvalue weighted by Crippen LogP contribution is 2.29. The van der Waals surface area contributed by atoms with Gasteiger partial charge in [-0.15, -0.1) is 0 Å². The summed E-state index contributed by atoms with van der Waals surface area (Å²) >= 11 is 0. The smallest absolute Gasteiger partial charge is 0.394 e. The van der Waals surface area contributed by atoms with Crippen LogP contribution in [0.5, 0.6) is 0 Å². The van der Waals surface area contributed by atoms with Crippen molar-refractivity contribution in [2.75, 3.05) is 6.61 Å². The highest BCUT2D eigenvalue weighted by Gasteiger charge is 2.41. The molecule has 0 unspecified atom stereocenters. The maximum atomic E-state index is 12.0. The zero-order valence-electron chi connectivity index (χ0n) is 7.97. The second-order valence-corrected chi connectivity index (χ2v) is 2.91. The molecule has 0 spiro atoms. The van der Waals surface area contributed by atoms with Crippen LogP contribution in [-0.2, 0) is 9.53 Å². The van der Waals surface area contributed by atoms with E-state index in [1.54, 1.807) is 0 Å². The van der Waals surface area contributed by atoms with E-state index in [2.05, 4.69) is 4.74 Å². The molecule has 2 atom stereocenters. The molecule has 0 fully saturated rings. The van der Waals surface area contributed by atoms with E-state index in [9.17, 15) is 18.0 Å². The summed E-state index contributed by atoms with van der Waals surface area (Å²) in [5.41, 5.74) is 0. The monoisotopic (exact) mass is 214 g/mol. The van der Waals surface area contributed by atoms with Crippen LogP contribution in [0.15, 0.2) is 0 Å². The Morgan fingerprint density at radius 2 is 2.00 bits per heavy atom. The van der Waals surface area contributed by atoms with Gasteiger partial charge in [-0.05, 0) is 6.92 Å². The van der Waals surface area contributed by atoms with Gasteiger partial charge in [-0.2, -0.15) is 13.2 Å². The van der Waals surface area contributed by atoms with Crippen LogP contribution in [0.1, 0.15) is 20.3 Å². The summed E-state index contributed by atoms with van der Waals surface area (Å²) in [5.74, 6) is -2.75. The first-order valence-electron chi connectivity index (χ1n) is 4.19. The van der Waals surface area contributed by atoms with Gasteiger partial charge in [0.2, 0.25) is 0 Å². The number of halogens is 3. The Morgan fingerprint density at radius 3 is 2.36 bits per heavy atom. The fourth-order valence-corrected chi connectivity index (χ4v) is 0.786. The first kappa shape index (κ1) is 13.2. The molecule has 0 radical (unpaired) electrons. The van der Waals surface area contributed by atoms with E-state index < -0.39 is 30.6 Å². The van der Waals surface area contributed by atoms with Gasteiger partial charge in [-0.1, -0.05) is 6.92 Å². The Balaban J connectivity index is 4.08. The fourth-order valence-electron chi connectivity index (χ4n) is 0.786. The van der Waals surface area contributed by atoms with Crippen molar-refractivity contribution in [1.82, 2.24) is 0 Å². The third-order valence-electron chi connectivity index (χ3n) is 1.77. The van der Waals surface area contributed by atoms with Gasteiger partial charge in [0.15, 0.2) is 0 Å². The second kappa shape index (κ2) is 5.19. The topological polar surface area (TPSA) is 46.5 Å². The van der Waals surface area contributed by atoms with Gasteiger partial charge in [0.25, 0.3) is 0 Å². The highest BCUT2D eigenvalue weighted by molar-refractivity contribution is 5.69. The zero-order chi connectivity index (χ0) is 11.4. The molecule has 84 valence electrons. The number of carbonyl (C=O) groups is 1. The van der Waals surface area contributed by atoms with Gasteiger partial charge in [0.05, 0.1) is 25.0 Å². The summed E-state index contributed by atoms with van der Waals surface area (Å²) in [6.45, 7) is 2.45. The number of rotatable bonds is 4. The number of hydrogen-bond acceptors (Lipinski definition) is 3. The summed E-state index contributed by atoms with van der Waals surface area (Å²) in [4.78, 5) is 10.7. The molecule has 6 heteroatoms. The van der Waals surface area contributed by atoms with Crippen molar-refractivity contribution in [1.29, 1.82) is 0 Å². The molecule has 14 heavy (non-hydrogen) atoms. The minimum absolute atomic E-state index is 0.0892. The Bertz CT molecular complexity index is 191. The number of esters is 1. The lowest BCUT2D eigenvalue weighted by molar-refractivity contribution is -0.196. The van der Waals surface area contributed by atoms with Crippen LogP contribution in [0, 0.1) is 5.92 Å². The Morgan fingerprint density at radius 1 is 1.50 bits per heavy atom. The quantitative estimate of drug-likeness (QED) is 0.721. The van der Waals surface area contributed by atoms with Gasteiger partial charge in [-0.25, -0.2) is 0 Å². The van der Waals surface area contributed by atoms with Crippen LogP contribution in [-0.4, -0.2) is 30.0 Å². The Kier molecular flexibility index (Phi) is 4.90. The number of hydrogen-bond donors (Lipinski definition) is 1. The first-order valence-corrected chi connectivity index (χ1v) is 4.19. The molecule has 0 aromatic rings. The van der Waals surface area contributed by atoms with E-state index in [0.717, 1.165) is 6.92 Å². The zero-order valence-corrected chi connectivity index (χ0v) is 7.97. The molecule has 0 aliphatic heterocycles. The molecule has 0 aliphatic rings. The molecule has 0 saturated heterocycles. The van der Waals surface area contributed by atoms with Gasteiger partial charge >= 0.3 is 12.1 Å². The molecular weight excluding hydrogens is 201 g/mol. The van der Waals surface area contributed by atoms with E-state index in [1.165, 1.54) is 6.92 Å². The summed E-state index contributed by atoms with van der Waals surface area (Å²) in [6.07, 6.45) is -6.87. The van der Waals surface area contributed by atoms with Crippen molar-refractivity contribution < 1.29 is 27.8 Å². The standard InChI is InChI=1S/C8H13F3O3/c1-3-14-7(13)4-6(12)5(2)8(9,10)11/h5-6,12H,3-4H2,1-2H3/t5-,6-/m1/s1. The molecule has 0 rings (SSSR count). The number of carbonyl (C=O) groups excluding carboxylic acids is 1. The average molecular weight is 214 g/mol. The molecule has 1 N–H and O–H groups in total. The van der Waals surface area contributed by atoms with Gasteiger partial charge in [-0.3, -0.25) is 4.79 Å². The van der Waals surface area contributed by atoms with Crippen LogP contribution in [0.4, 0.5) is 13.2 Å². The van der Waals surface area contributed by atoms with Crippen LogP contribution >= 0.6 is 0 Å². The van der Waals surface area contributed by atoms with Crippen LogP contribution in [0.25, 0.3) is 0 Å². The number of aliphatic hydroxyl groups excluding tert-OH is 1. The van der Waals surface area contributed by atoms with Crippen molar-refractivity contribution >= 4 is 5.97 Å². The molecule has 0 saturated carbocycles. The lowest BCUT2D eigenvalue weighted by atomic mass is 10.0. The fraction of sp³-hybridized carbons (Fsp3) is 0.875. The first-order chi connectivity index (χ1) is 6.29. The predicted octanol–water partition coefficient (Wildman–Crippen LogP) is 1.50. The Labute approximate surface area is 79.9 Å². The maximum Gasteiger partial charge on any atom is 0.394 e. The lowest BCUT2D eigenvalue weighted by Crippen LogP contribution is -2.33. The second-order valence-electron chi connectivity index (χ2n) is 2.91. The summed E-state index contributed by atoms with van der Waals surface area (Å²) in [6, 6.07) is 0. The molecule has 0 heterocycles. The summed E-state index contributed by atoms with van der Waals surface area (Å²) < 4.78 is 40.5. The molecule has 3 nitrogen and oxygen atoms in total. The van der Waals surface area contributed by atoms with Gasteiger partial charge < -0.3 is 9.84 Å². The van der Waals surface area contributed by atoms with Crippen molar-refractivity contribution in [2.24, 2.45) is 5.92 Å². The largest absolute Gasteiger partial charge is 0.466 e. The summed E-state index contributed by atoms with van der Waals surface area (Å²) in [5, 5.41) is 9.03. The van der Waals surface area contributed by atoms with E-state index in [1.807, 2.05) is 0 Å². The van der Waals surface area contributed by atoms with Crippen LogP contribution < -0.4 is 0 Å². The maximum absolute atomic E-state index is 12.0. The minimum atomic E-state index is -4.49. The van der Waals surface area contributed by atoms with E-state index in [-0.39, 0.29) is 6.61 Å². The predicted molar refractivity (Wildman–Crippen MR) is 42.5 cm³/mol. The molecule has 0 aromatic heterocycles. The van der Waals surface area contributed by atoms with Crippen molar-refractivity contribution in [3.63, 3.8) is 0 Å². The molecule has 0 aliphatic carbocycles. The van der Waals surface area contributed by atoms with E-state index in [4.69, 9.17) is 5.11 Å². The van der Waals surface area contributed by atoms with E-state index in [0.29, 0.717) is 0 Å². The number of alkyl halides is 3. The van der Waals surface area contributed by atoms with Gasteiger partial charge in [0.1, 0.15) is 0 Å². The van der Waals surface area contributed by atoms with Gasteiger partial charge in [0, 0.05) is 0 Å². The SMILES string of the molecule is CCOC(=O)C[C@@H](O)[C@@H](C)C(F)(F)F. The lowest BCUT2D eigenvalue weighted by Gasteiger charge is -2.20. The normalized spacial score (nSPS) is 16.1. The van der Waals surface area contributed by atoms with Crippen LogP contribution in [0.3, 0.4) is 0 Å². The highest BCUT2D eigenvalue weighted by atomic mass is 19.4. The number of ether oxygens (including phenoxy) is 1. The molecule has 0 amide bonds. The Hall–Kier alpha value is -0.780. The van der Waals surface area contributed by atoms with Crippen molar-refractivity contribution in [3.8, 4) is 0 Å².